The number of fused-ring (bicyclic) bond motifs is 1. The van der Waals surface area contributed by atoms with Gasteiger partial charge in [-0.2, -0.15) is 0 Å². The average Bonchev–Trinajstić information content (AvgIpc) is 2.46. The molecule has 1 aliphatic heterocycles. The molecule has 21 heavy (non-hydrogen) atoms. The molecule has 0 aliphatic carbocycles. The number of esters is 1. The molecule has 0 aromatic heterocycles. The Morgan fingerprint density at radius 1 is 1.24 bits per heavy atom. The molecule has 7 heteroatoms. The Bertz CT molecular complexity index is 585. The molecule has 0 radical (unpaired) electrons. The molecule has 1 heterocycles. The summed E-state index contributed by atoms with van der Waals surface area (Å²) < 4.78 is 9.85. The van der Waals surface area contributed by atoms with Gasteiger partial charge in [-0.3, -0.25) is 9.69 Å². The monoisotopic (exact) mass is 292 g/mol. The van der Waals surface area contributed by atoms with Crippen LogP contribution >= 0.6 is 0 Å². The molecule has 0 saturated heterocycles. The third kappa shape index (κ3) is 3.13. The molecule has 0 unspecified atom stereocenters. The first-order valence-electron chi connectivity index (χ1n) is 6.62. The van der Waals surface area contributed by atoms with Crippen LogP contribution in [0.1, 0.15) is 24.2 Å². The number of carbonyl (C=O) groups excluding carboxylic acids is 3. The van der Waals surface area contributed by atoms with Crippen molar-refractivity contribution in [3.8, 4) is 0 Å². The van der Waals surface area contributed by atoms with E-state index >= 15 is 0 Å². The highest BCUT2D eigenvalue weighted by Gasteiger charge is 2.28. The third-order valence-electron chi connectivity index (χ3n) is 2.86. The number of benzene rings is 1. The van der Waals surface area contributed by atoms with Gasteiger partial charge in [-0.05, 0) is 32.0 Å². The first-order chi connectivity index (χ1) is 10.1. The van der Waals surface area contributed by atoms with E-state index in [1.165, 1.54) is 17.0 Å². The van der Waals surface area contributed by atoms with Crippen LogP contribution in [-0.4, -0.2) is 37.7 Å². The van der Waals surface area contributed by atoms with Crippen LogP contribution in [0, 0.1) is 0 Å². The van der Waals surface area contributed by atoms with E-state index in [1.54, 1.807) is 19.9 Å². The SMILES string of the molecule is CCOC(=O)c1ccc2c(c1)N(C(=O)OCC)CC(=O)N2. The van der Waals surface area contributed by atoms with E-state index < -0.39 is 12.1 Å². The lowest BCUT2D eigenvalue weighted by molar-refractivity contribution is -0.115. The summed E-state index contributed by atoms with van der Waals surface area (Å²) >= 11 is 0. The summed E-state index contributed by atoms with van der Waals surface area (Å²) in [6, 6.07) is 4.60. The zero-order valence-corrected chi connectivity index (χ0v) is 11.8. The maximum atomic E-state index is 11.9. The van der Waals surface area contributed by atoms with Gasteiger partial charge in [0.1, 0.15) is 6.54 Å². The summed E-state index contributed by atoms with van der Waals surface area (Å²) in [6.07, 6.45) is -0.630. The van der Waals surface area contributed by atoms with Crippen molar-refractivity contribution in [2.75, 3.05) is 30.0 Å². The van der Waals surface area contributed by atoms with Crippen LogP contribution in [-0.2, 0) is 14.3 Å². The minimum absolute atomic E-state index is 0.155. The molecule has 0 saturated carbocycles. The summed E-state index contributed by atoms with van der Waals surface area (Å²) in [5.41, 5.74) is 1.17. The van der Waals surface area contributed by atoms with Crippen LogP contribution < -0.4 is 10.2 Å². The van der Waals surface area contributed by atoms with Crippen LogP contribution in [0.25, 0.3) is 0 Å². The number of ether oxygens (including phenoxy) is 2. The lowest BCUT2D eigenvalue weighted by Gasteiger charge is -2.28. The fourth-order valence-corrected chi connectivity index (χ4v) is 1.98. The molecule has 112 valence electrons. The number of carbonyl (C=O) groups is 3. The van der Waals surface area contributed by atoms with Crippen LogP contribution in [0.15, 0.2) is 18.2 Å². The highest BCUT2D eigenvalue weighted by molar-refractivity contribution is 6.09. The van der Waals surface area contributed by atoms with Crippen molar-refractivity contribution < 1.29 is 23.9 Å². The van der Waals surface area contributed by atoms with Crippen molar-refractivity contribution in [1.82, 2.24) is 0 Å². The van der Waals surface area contributed by atoms with Crippen LogP contribution in [0.4, 0.5) is 16.2 Å². The molecule has 2 rings (SSSR count). The second kappa shape index (κ2) is 6.25. The van der Waals surface area contributed by atoms with Crippen LogP contribution in [0.2, 0.25) is 0 Å². The first-order valence-corrected chi connectivity index (χ1v) is 6.62. The third-order valence-corrected chi connectivity index (χ3v) is 2.86. The maximum Gasteiger partial charge on any atom is 0.414 e. The molecule has 0 spiro atoms. The fourth-order valence-electron chi connectivity index (χ4n) is 1.98. The molecule has 0 fully saturated rings. The van der Waals surface area contributed by atoms with Crippen LogP contribution in [0.5, 0.6) is 0 Å². The number of nitrogens with zero attached hydrogens (tertiary/aromatic N) is 1. The topological polar surface area (TPSA) is 84.9 Å². The average molecular weight is 292 g/mol. The Hall–Kier alpha value is -2.57. The molecule has 0 atom stereocenters. The van der Waals surface area contributed by atoms with Crippen molar-refractivity contribution in [1.29, 1.82) is 0 Å². The van der Waals surface area contributed by atoms with Gasteiger partial charge < -0.3 is 14.8 Å². The Labute approximate surface area is 121 Å². The van der Waals surface area contributed by atoms with E-state index in [1.807, 2.05) is 0 Å². The van der Waals surface area contributed by atoms with Gasteiger partial charge in [-0.1, -0.05) is 0 Å². The highest BCUT2D eigenvalue weighted by Crippen LogP contribution is 2.31. The quantitative estimate of drug-likeness (QED) is 0.858. The normalized spacial score (nSPS) is 13.2. The lowest BCUT2D eigenvalue weighted by atomic mass is 10.1. The largest absolute Gasteiger partial charge is 0.462 e. The molecular formula is C14H16N2O5. The standard InChI is InChI=1S/C14H16N2O5/c1-3-20-13(18)9-5-6-10-11(7-9)16(8-12(17)15-10)14(19)21-4-2/h5-7H,3-4,8H2,1-2H3,(H,15,17). The molecule has 1 aromatic rings. The van der Waals surface area contributed by atoms with Gasteiger partial charge in [-0.25, -0.2) is 9.59 Å². The molecule has 2 amide bonds. The molecule has 1 aliphatic rings. The van der Waals surface area contributed by atoms with Crippen LogP contribution in [0.3, 0.4) is 0 Å². The first kappa shape index (κ1) is 14.8. The zero-order chi connectivity index (χ0) is 15.4. The van der Waals surface area contributed by atoms with Gasteiger partial charge in [0.2, 0.25) is 5.91 Å². The number of amides is 2. The number of hydrogen-bond acceptors (Lipinski definition) is 5. The molecular weight excluding hydrogens is 276 g/mol. The van der Waals surface area contributed by atoms with Gasteiger partial charge in [0.15, 0.2) is 0 Å². The number of nitrogens with one attached hydrogen (secondary N) is 1. The summed E-state index contributed by atoms with van der Waals surface area (Å²) in [7, 11) is 0. The molecule has 1 N–H and O–H groups in total. The number of rotatable bonds is 3. The summed E-state index contributed by atoms with van der Waals surface area (Å²) in [4.78, 5) is 36.5. The van der Waals surface area contributed by atoms with Gasteiger partial charge in [0.05, 0.1) is 30.2 Å². The minimum atomic E-state index is -0.630. The highest BCUT2D eigenvalue weighted by atomic mass is 16.6. The van der Waals surface area contributed by atoms with E-state index in [2.05, 4.69) is 5.32 Å². The van der Waals surface area contributed by atoms with Crippen molar-refractivity contribution >= 4 is 29.3 Å². The number of anilines is 2. The van der Waals surface area contributed by atoms with Crippen molar-refractivity contribution in [3.63, 3.8) is 0 Å². The molecule has 1 aromatic carbocycles. The summed E-state index contributed by atoms with van der Waals surface area (Å²) in [6.45, 7) is 3.69. The zero-order valence-electron chi connectivity index (χ0n) is 11.8. The minimum Gasteiger partial charge on any atom is -0.462 e. The van der Waals surface area contributed by atoms with Gasteiger partial charge in [0.25, 0.3) is 0 Å². The Kier molecular flexibility index (Phi) is 4.42. The van der Waals surface area contributed by atoms with Gasteiger partial charge in [0, 0.05) is 0 Å². The Morgan fingerprint density at radius 3 is 2.62 bits per heavy atom. The molecule has 7 nitrogen and oxygen atoms in total. The fraction of sp³-hybridized carbons (Fsp3) is 0.357. The summed E-state index contributed by atoms with van der Waals surface area (Å²) in [5, 5.41) is 2.64. The maximum absolute atomic E-state index is 11.9. The second-order valence-corrected chi connectivity index (χ2v) is 4.29. The Morgan fingerprint density at radius 2 is 1.95 bits per heavy atom. The lowest BCUT2D eigenvalue weighted by Crippen LogP contribution is -2.42. The van der Waals surface area contributed by atoms with Crippen molar-refractivity contribution in [2.45, 2.75) is 13.8 Å². The summed E-state index contributed by atoms with van der Waals surface area (Å²) in [5.74, 6) is -0.805. The van der Waals surface area contributed by atoms with E-state index in [9.17, 15) is 14.4 Å². The van der Waals surface area contributed by atoms with E-state index in [-0.39, 0.29) is 25.7 Å². The van der Waals surface area contributed by atoms with Gasteiger partial charge in [-0.15, -0.1) is 0 Å². The number of hydrogen-bond donors (Lipinski definition) is 1. The van der Waals surface area contributed by atoms with E-state index in [0.717, 1.165) is 0 Å². The Balaban J connectivity index is 2.37. The van der Waals surface area contributed by atoms with Crippen molar-refractivity contribution in [3.05, 3.63) is 23.8 Å². The second-order valence-electron chi connectivity index (χ2n) is 4.29. The molecule has 0 bridgehead atoms. The predicted octanol–water partition coefficient (Wildman–Crippen LogP) is 1.78. The van der Waals surface area contributed by atoms with E-state index in [4.69, 9.17) is 9.47 Å². The van der Waals surface area contributed by atoms with Crippen molar-refractivity contribution in [2.24, 2.45) is 0 Å². The van der Waals surface area contributed by atoms with Gasteiger partial charge >= 0.3 is 12.1 Å². The smallest absolute Gasteiger partial charge is 0.414 e. The van der Waals surface area contributed by atoms with E-state index in [0.29, 0.717) is 16.9 Å². The predicted molar refractivity (Wildman–Crippen MR) is 75.4 cm³/mol.